The van der Waals surface area contributed by atoms with Gasteiger partial charge in [-0.25, -0.2) is 14.5 Å². The first-order valence-corrected chi connectivity index (χ1v) is 9.62. The molecule has 3 heterocycles. The molecule has 9 nitrogen and oxygen atoms in total. The van der Waals surface area contributed by atoms with Crippen LogP contribution in [0.25, 0.3) is 11.0 Å². The van der Waals surface area contributed by atoms with Gasteiger partial charge in [0.1, 0.15) is 12.1 Å². The predicted octanol–water partition coefficient (Wildman–Crippen LogP) is 2.42. The van der Waals surface area contributed by atoms with E-state index in [4.69, 9.17) is 0 Å². The van der Waals surface area contributed by atoms with Crippen LogP contribution >= 0.6 is 0 Å². The van der Waals surface area contributed by atoms with E-state index in [9.17, 15) is 14.4 Å². The molecular weight excluding hydrogens is 384 g/mol. The van der Waals surface area contributed by atoms with Crippen LogP contribution in [-0.4, -0.2) is 44.1 Å². The summed E-state index contributed by atoms with van der Waals surface area (Å²) < 4.78 is 1.79. The number of nitrogens with zero attached hydrogens (tertiary/aromatic N) is 4. The summed E-state index contributed by atoms with van der Waals surface area (Å²) in [5, 5.41) is 10.5. The van der Waals surface area contributed by atoms with Crippen LogP contribution in [0.15, 0.2) is 48.8 Å². The van der Waals surface area contributed by atoms with Crippen LogP contribution in [0.3, 0.4) is 0 Å². The van der Waals surface area contributed by atoms with Gasteiger partial charge in [0.2, 0.25) is 5.91 Å². The Morgan fingerprint density at radius 1 is 1.20 bits per heavy atom. The first kappa shape index (κ1) is 19.6. The number of pyridine rings is 1. The second kappa shape index (κ2) is 7.25. The number of hydrogen-bond acceptors (Lipinski definition) is 5. The first-order valence-electron chi connectivity index (χ1n) is 9.62. The Morgan fingerprint density at radius 2 is 1.93 bits per heavy atom. The molecule has 0 spiro atoms. The summed E-state index contributed by atoms with van der Waals surface area (Å²) in [6, 6.07) is 10.3. The number of imide groups is 1. The van der Waals surface area contributed by atoms with E-state index in [1.54, 1.807) is 48.1 Å². The molecular formula is C21H22N6O3. The highest BCUT2D eigenvalue weighted by molar-refractivity contribution is 6.10. The van der Waals surface area contributed by atoms with Gasteiger partial charge in [0, 0.05) is 11.4 Å². The molecule has 0 aliphatic carbocycles. The minimum atomic E-state index is -1.20. The van der Waals surface area contributed by atoms with Crippen LogP contribution < -0.4 is 10.6 Å². The van der Waals surface area contributed by atoms with Gasteiger partial charge in [0.15, 0.2) is 5.65 Å². The SMILES string of the molecule is CC(C)n1ncc2cc(NC(=O)CN3C(=O)N[C@@](C)(c4ccccc4)C3=O)cnc21. The van der Waals surface area contributed by atoms with E-state index in [0.717, 1.165) is 15.9 Å². The molecule has 1 aliphatic rings. The van der Waals surface area contributed by atoms with Crippen molar-refractivity contribution in [3.05, 3.63) is 54.4 Å². The van der Waals surface area contributed by atoms with E-state index in [0.29, 0.717) is 11.3 Å². The number of hydrogen-bond donors (Lipinski definition) is 2. The highest BCUT2D eigenvalue weighted by atomic mass is 16.2. The van der Waals surface area contributed by atoms with E-state index < -0.39 is 29.9 Å². The van der Waals surface area contributed by atoms with Crippen molar-refractivity contribution in [1.29, 1.82) is 0 Å². The maximum Gasteiger partial charge on any atom is 0.325 e. The van der Waals surface area contributed by atoms with E-state index >= 15 is 0 Å². The molecule has 1 aromatic carbocycles. The molecule has 0 unspecified atom stereocenters. The molecule has 3 aromatic rings. The number of carbonyl (C=O) groups excluding carboxylic acids is 3. The van der Waals surface area contributed by atoms with Gasteiger partial charge < -0.3 is 10.6 Å². The smallest absolute Gasteiger partial charge is 0.323 e. The fourth-order valence-electron chi connectivity index (χ4n) is 3.54. The van der Waals surface area contributed by atoms with E-state index in [1.807, 2.05) is 19.9 Å². The number of urea groups is 1. The van der Waals surface area contributed by atoms with E-state index in [-0.39, 0.29) is 6.04 Å². The fraction of sp³-hybridized carbons (Fsp3) is 0.286. The van der Waals surface area contributed by atoms with Gasteiger partial charge in [-0.05, 0) is 32.4 Å². The lowest BCUT2D eigenvalue weighted by molar-refractivity contribution is -0.133. The maximum atomic E-state index is 12.9. The Bertz CT molecular complexity index is 1140. The minimum absolute atomic E-state index is 0.161. The Kier molecular flexibility index (Phi) is 4.73. The van der Waals surface area contributed by atoms with Gasteiger partial charge in [-0.15, -0.1) is 0 Å². The first-order chi connectivity index (χ1) is 14.3. The monoisotopic (exact) mass is 406 g/mol. The molecule has 30 heavy (non-hydrogen) atoms. The summed E-state index contributed by atoms with van der Waals surface area (Å²) in [6.07, 6.45) is 3.21. The van der Waals surface area contributed by atoms with Gasteiger partial charge in [0.25, 0.3) is 5.91 Å². The lowest BCUT2D eigenvalue weighted by atomic mass is 9.92. The molecule has 2 N–H and O–H groups in total. The molecule has 1 fully saturated rings. The van der Waals surface area contributed by atoms with E-state index in [2.05, 4.69) is 20.7 Å². The number of anilines is 1. The molecule has 4 rings (SSSR count). The van der Waals surface area contributed by atoms with Crippen molar-refractivity contribution in [3.8, 4) is 0 Å². The third-order valence-corrected chi connectivity index (χ3v) is 5.13. The molecule has 4 amide bonds. The van der Waals surface area contributed by atoms with Crippen LogP contribution in [0, 0.1) is 0 Å². The number of rotatable bonds is 5. The van der Waals surface area contributed by atoms with Crippen LogP contribution in [-0.2, 0) is 15.1 Å². The Hall–Kier alpha value is -3.75. The normalized spacial score (nSPS) is 18.9. The van der Waals surface area contributed by atoms with Gasteiger partial charge in [-0.1, -0.05) is 30.3 Å². The van der Waals surface area contributed by atoms with Crippen molar-refractivity contribution in [1.82, 2.24) is 25.0 Å². The highest BCUT2D eigenvalue weighted by Crippen LogP contribution is 2.28. The molecule has 0 saturated carbocycles. The van der Waals surface area contributed by atoms with Crippen molar-refractivity contribution in [3.63, 3.8) is 0 Å². The summed E-state index contributed by atoms with van der Waals surface area (Å²) in [4.78, 5) is 43.1. The summed E-state index contributed by atoms with van der Waals surface area (Å²) in [5.41, 5.74) is 0.636. The van der Waals surface area contributed by atoms with Crippen LogP contribution in [0.4, 0.5) is 10.5 Å². The molecule has 9 heteroatoms. The van der Waals surface area contributed by atoms with Crippen LogP contribution in [0.2, 0.25) is 0 Å². The quantitative estimate of drug-likeness (QED) is 0.633. The Labute approximate surface area is 173 Å². The van der Waals surface area contributed by atoms with Crippen molar-refractivity contribution in [2.45, 2.75) is 32.4 Å². The number of carbonyl (C=O) groups is 3. The molecule has 154 valence electrons. The predicted molar refractivity (Wildman–Crippen MR) is 111 cm³/mol. The van der Waals surface area contributed by atoms with Gasteiger partial charge >= 0.3 is 6.03 Å². The third-order valence-electron chi connectivity index (χ3n) is 5.13. The number of amides is 4. The van der Waals surface area contributed by atoms with Gasteiger partial charge in [0.05, 0.1) is 18.1 Å². The molecule has 1 aliphatic heterocycles. The topological polar surface area (TPSA) is 109 Å². The highest BCUT2D eigenvalue weighted by Gasteiger charge is 2.49. The summed E-state index contributed by atoms with van der Waals surface area (Å²) in [5.74, 6) is -0.964. The molecule has 0 radical (unpaired) electrons. The molecule has 1 saturated heterocycles. The Balaban J connectivity index is 1.48. The van der Waals surface area contributed by atoms with Crippen molar-refractivity contribution in [2.24, 2.45) is 0 Å². The van der Waals surface area contributed by atoms with Crippen LogP contribution in [0.1, 0.15) is 32.4 Å². The lowest BCUT2D eigenvalue weighted by Crippen LogP contribution is -2.42. The average Bonchev–Trinajstić information content (AvgIpc) is 3.23. The number of benzene rings is 1. The zero-order valence-electron chi connectivity index (χ0n) is 16.9. The molecule has 1 atom stereocenters. The minimum Gasteiger partial charge on any atom is -0.323 e. The zero-order valence-corrected chi connectivity index (χ0v) is 16.9. The third kappa shape index (κ3) is 3.28. The second-order valence-electron chi connectivity index (χ2n) is 7.68. The molecule has 0 bridgehead atoms. The summed E-state index contributed by atoms with van der Waals surface area (Å²) >= 11 is 0. The van der Waals surface area contributed by atoms with E-state index in [1.165, 1.54) is 6.20 Å². The second-order valence-corrected chi connectivity index (χ2v) is 7.68. The summed E-state index contributed by atoms with van der Waals surface area (Å²) in [6.45, 7) is 5.25. The standard InChI is InChI=1S/C21H22N6O3/c1-13(2)27-18-14(10-23-27)9-16(11-22-18)24-17(28)12-26-19(29)21(3,25-20(26)30)15-7-5-4-6-8-15/h4-11,13H,12H2,1-3H3,(H,24,28)(H,25,30)/t21-/m0/s1. The zero-order chi connectivity index (χ0) is 21.5. The average molecular weight is 406 g/mol. The Morgan fingerprint density at radius 3 is 2.63 bits per heavy atom. The van der Waals surface area contributed by atoms with Crippen molar-refractivity contribution < 1.29 is 14.4 Å². The summed E-state index contributed by atoms with van der Waals surface area (Å²) in [7, 11) is 0. The van der Waals surface area contributed by atoms with Gasteiger partial charge in [-0.3, -0.25) is 14.5 Å². The van der Waals surface area contributed by atoms with Crippen molar-refractivity contribution >= 4 is 34.6 Å². The number of fused-ring (bicyclic) bond motifs is 1. The lowest BCUT2D eigenvalue weighted by Gasteiger charge is -2.22. The number of aromatic nitrogens is 3. The number of nitrogens with one attached hydrogen (secondary N) is 2. The van der Waals surface area contributed by atoms with Gasteiger partial charge in [-0.2, -0.15) is 5.10 Å². The largest absolute Gasteiger partial charge is 0.325 e. The maximum absolute atomic E-state index is 12.9. The fourth-order valence-corrected chi connectivity index (χ4v) is 3.54. The van der Waals surface area contributed by atoms with Crippen molar-refractivity contribution in [2.75, 3.05) is 11.9 Å². The van der Waals surface area contributed by atoms with Crippen LogP contribution in [0.5, 0.6) is 0 Å². The molecule has 2 aromatic heterocycles.